The van der Waals surface area contributed by atoms with Crippen LogP contribution in [0.4, 0.5) is 10.1 Å². The van der Waals surface area contributed by atoms with Gasteiger partial charge < -0.3 is 19.4 Å². The highest BCUT2D eigenvalue weighted by atomic mass is 19.1. The summed E-state index contributed by atoms with van der Waals surface area (Å²) in [6.45, 7) is 8.97. The van der Waals surface area contributed by atoms with Crippen LogP contribution in [-0.4, -0.2) is 62.0 Å². The largest absolute Gasteiger partial charge is 0.487 e. The van der Waals surface area contributed by atoms with Gasteiger partial charge >= 0.3 is 0 Å². The molecule has 0 radical (unpaired) electrons. The van der Waals surface area contributed by atoms with Gasteiger partial charge in [-0.25, -0.2) is 9.38 Å². The van der Waals surface area contributed by atoms with E-state index in [0.717, 1.165) is 36.7 Å². The Labute approximate surface area is 135 Å². The van der Waals surface area contributed by atoms with Gasteiger partial charge in [-0.05, 0) is 25.6 Å². The molecule has 122 valence electrons. The first-order chi connectivity index (χ1) is 11.0. The smallest absolute Gasteiger partial charge is 0.168 e. The summed E-state index contributed by atoms with van der Waals surface area (Å²) in [5.41, 5.74) is 2.25. The van der Waals surface area contributed by atoms with Crippen molar-refractivity contribution in [1.29, 1.82) is 0 Å². The quantitative estimate of drug-likeness (QED) is 0.730. The Bertz CT molecular complexity index is 730. The lowest BCUT2D eigenvalue weighted by Gasteiger charge is -2.41. The van der Waals surface area contributed by atoms with Crippen LogP contribution in [0, 0.1) is 12.7 Å². The molecule has 0 bridgehead atoms. The zero-order valence-corrected chi connectivity index (χ0v) is 13.8. The molecule has 1 unspecified atom stereocenters. The summed E-state index contributed by atoms with van der Waals surface area (Å²) < 4.78 is 20.6. The molecule has 1 saturated heterocycles. The average molecular weight is 316 g/mol. The van der Waals surface area contributed by atoms with Gasteiger partial charge in [0.15, 0.2) is 11.6 Å². The van der Waals surface area contributed by atoms with Crippen molar-refractivity contribution < 1.29 is 9.13 Å². The highest BCUT2D eigenvalue weighted by Crippen LogP contribution is 2.41. The van der Waals surface area contributed by atoms with E-state index in [0.29, 0.717) is 23.7 Å². The topological polar surface area (TPSA) is 31.3 Å². The van der Waals surface area contributed by atoms with Crippen molar-refractivity contribution in [2.45, 2.75) is 13.0 Å². The maximum absolute atomic E-state index is 14.7. The highest BCUT2D eigenvalue weighted by Gasteiger charge is 2.38. The van der Waals surface area contributed by atoms with Crippen molar-refractivity contribution in [3.8, 4) is 5.75 Å². The summed E-state index contributed by atoms with van der Waals surface area (Å²) in [5.74, 6) is 1.51. The third kappa shape index (κ3) is 2.05. The number of nitrogens with zero attached hydrogens (tertiary/aromatic N) is 4. The Kier molecular flexibility index (Phi) is 3.13. The Hall–Kier alpha value is -2.08. The van der Waals surface area contributed by atoms with E-state index in [1.165, 1.54) is 0 Å². The SMILES string of the molecule is C=C1N=C2c3c(cc(C)c(F)c3OCC3CN(C)CCN23)N1C. The summed E-state index contributed by atoms with van der Waals surface area (Å²) in [7, 11) is 4.00. The molecule has 0 amide bonds. The Balaban J connectivity index is 1.94. The monoisotopic (exact) mass is 316 g/mol. The molecule has 0 spiro atoms. The van der Waals surface area contributed by atoms with Crippen molar-refractivity contribution in [2.24, 2.45) is 4.99 Å². The number of fused-ring (bicyclic) bond motifs is 2. The van der Waals surface area contributed by atoms with Gasteiger partial charge in [0.1, 0.15) is 18.3 Å². The number of hydrogen-bond acceptors (Lipinski definition) is 5. The van der Waals surface area contributed by atoms with Crippen LogP contribution in [0.25, 0.3) is 0 Å². The van der Waals surface area contributed by atoms with Crippen LogP contribution in [0.1, 0.15) is 11.1 Å². The van der Waals surface area contributed by atoms with Crippen LogP contribution in [0.5, 0.6) is 5.75 Å². The number of amidine groups is 1. The normalized spacial score (nSPS) is 23.7. The number of halogens is 1. The van der Waals surface area contributed by atoms with E-state index in [1.54, 1.807) is 6.92 Å². The lowest BCUT2D eigenvalue weighted by Crippen LogP contribution is -2.56. The fourth-order valence-corrected chi connectivity index (χ4v) is 3.57. The molecule has 3 aliphatic heterocycles. The fraction of sp³-hybridized carbons (Fsp3) is 0.471. The molecular formula is C17H21FN4O. The van der Waals surface area contributed by atoms with Crippen LogP contribution in [0.2, 0.25) is 0 Å². The fourth-order valence-electron chi connectivity index (χ4n) is 3.57. The highest BCUT2D eigenvalue weighted by molar-refractivity contribution is 6.09. The molecule has 1 atom stereocenters. The lowest BCUT2D eigenvalue weighted by molar-refractivity contribution is 0.112. The van der Waals surface area contributed by atoms with Gasteiger partial charge in [0.05, 0.1) is 17.3 Å². The van der Waals surface area contributed by atoms with Crippen molar-refractivity contribution in [1.82, 2.24) is 9.80 Å². The number of piperazine rings is 1. The van der Waals surface area contributed by atoms with Crippen LogP contribution in [0.15, 0.2) is 23.5 Å². The molecule has 4 rings (SSSR count). The second-order valence-corrected chi connectivity index (χ2v) is 6.56. The van der Waals surface area contributed by atoms with E-state index >= 15 is 0 Å². The minimum absolute atomic E-state index is 0.170. The van der Waals surface area contributed by atoms with Gasteiger partial charge in [-0.2, -0.15) is 0 Å². The molecular weight excluding hydrogens is 295 g/mol. The second-order valence-electron chi connectivity index (χ2n) is 6.56. The number of aryl methyl sites for hydroxylation is 1. The maximum Gasteiger partial charge on any atom is 0.168 e. The number of ether oxygens (including phenoxy) is 1. The Morgan fingerprint density at radius 1 is 1.35 bits per heavy atom. The van der Waals surface area contributed by atoms with Crippen molar-refractivity contribution in [3.05, 3.63) is 35.4 Å². The summed E-state index contributed by atoms with van der Waals surface area (Å²) in [6, 6.07) is 2.03. The Morgan fingerprint density at radius 3 is 2.91 bits per heavy atom. The minimum Gasteiger partial charge on any atom is -0.487 e. The maximum atomic E-state index is 14.7. The number of aliphatic imine (C=N–C) groups is 1. The Morgan fingerprint density at radius 2 is 2.13 bits per heavy atom. The zero-order valence-electron chi connectivity index (χ0n) is 13.8. The minimum atomic E-state index is -0.287. The molecule has 3 aliphatic rings. The molecule has 5 nitrogen and oxygen atoms in total. The third-order valence-corrected chi connectivity index (χ3v) is 4.97. The number of rotatable bonds is 0. The van der Waals surface area contributed by atoms with E-state index in [4.69, 9.17) is 4.74 Å². The molecule has 1 aromatic carbocycles. The van der Waals surface area contributed by atoms with Crippen LogP contribution in [-0.2, 0) is 0 Å². The summed E-state index contributed by atoms with van der Waals surface area (Å²) in [5, 5.41) is 0. The lowest BCUT2D eigenvalue weighted by atomic mass is 10.0. The van der Waals surface area contributed by atoms with E-state index in [9.17, 15) is 4.39 Å². The molecule has 0 aromatic heterocycles. The van der Waals surface area contributed by atoms with Crippen LogP contribution < -0.4 is 9.64 Å². The molecule has 1 aromatic rings. The molecule has 1 fully saturated rings. The van der Waals surface area contributed by atoms with Crippen LogP contribution in [0.3, 0.4) is 0 Å². The average Bonchev–Trinajstić information content (AvgIpc) is 2.67. The molecule has 0 aliphatic carbocycles. The van der Waals surface area contributed by atoms with Gasteiger partial charge in [0.25, 0.3) is 0 Å². The first-order valence-corrected chi connectivity index (χ1v) is 7.90. The summed E-state index contributed by atoms with van der Waals surface area (Å²) >= 11 is 0. The number of benzene rings is 1. The standard InChI is InChI=1S/C17H21FN4O/c1-10-7-13-14-16(15(10)18)23-9-12-8-20(3)5-6-22(12)17(14)19-11(2)21(13)4/h7,12H,2,5-6,8-9H2,1,3-4H3. The second kappa shape index (κ2) is 4.96. The van der Waals surface area contributed by atoms with Gasteiger partial charge in [-0.3, -0.25) is 0 Å². The summed E-state index contributed by atoms with van der Waals surface area (Å²) in [6.07, 6.45) is 0. The van der Waals surface area contributed by atoms with Gasteiger partial charge in [-0.1, -0.05) is 6.58 Å². The van der Waals surface area contributed by atoms with Gasteiger partial charge in [0, 0.05) is 26.7 Å². The summed E-state index contributed by atoms with van der Waals surface area (Å²) in [4.78, 5) is 11.1. The van der Waals surface area contributed by atoms with Crippen molar-refractivity contribution >= 4 is 11.5 Å². The molecule has 23 heavy (non-hydrogen) atoms. The predicted octanol–water partition coefficient (Wildman–Crippen LogP) is 1.81. The molecule has 6 heteroatoms. The molecule has 0 N–H and O–H groups in total. The van der Waals surface area contributed by atoms with E-state index in [1.807, 2.05) is 18.0 Å². The van der Waals surface area contributed by atoms with E-state index in [-0.39, 0.29) is 11.9 Å². The molecule has 0 saturated carbocycles. The van der Waals surface area contributed by atoms with Crippen molar-refractivity contribution in [2.75, 3.05) is 45.2 Å². The predicted molar refractivity (Wildman–Crippen MR) is 88.7 cm³/mol. The third-order valence-electron chi connectivity index (χ3n) is 4.97. The first kappa shape index (κ1) is 14.5. The zero-order chi connectivity index (χ0) is 16.3. The number of anilines is 1. The molecule has 3 heterocycles. The van der Waals surface area contributed by atoms with Gasteiger partial charge in [0.2, 0.25) is 0 Å². The van der Waals surface area contributed by atoms with Gasteiger partial charge in [-0.15, -0.1) is 0 Å². The van der Waals surface area contributed by atoms with Crippen molar-refractivity contribution in [3.63, 3.8) is 0 Å². The number of likely N-dealkylation sites (N-methyl/N-ethyl adjacent to an activating group) is 1. The number of hydrogen-bond donors (Lipinski definition) is 0. The van der Waals surface area contributed by atoms with Crippen LogP contribution >= 0.6 is 0 Å². The van der Waals surface area contributed by atoms with E-state index in [2.05, 4.69) is 28.4 Å². The first-order valence-electron chi connectivity index (χ1n) is 7.90. The van der Waals surface area contributed by atoms with E-state index < -0.39 is 0 Å².